The van der Waals surface area contributed by atoms with E-state index in [2.05, 4.69) is 232 Å². The van der Waals surface area contributed by atoms with Gasteiger partial charge in [-0.15, -0.1) is 0 Å². The second-order valence-corrected chi connectivity index (χ2v) is 17.6. The fourth-order valence-electron chi connectivity index (χ4n) is 11.3. The zero-order valence-corrected chi connectivity index (χ0v) is 35.5. The molecule has 5 heterocycles. The molecular weight excluding hydrogens is 805 g/mol. The SMILES string of the molecule is c1ccc2c(c1)OB1c3cc(-c4ccc(-n5c6ccccc6c6ccccc65)cc4)ccc3Oc3cc(-n4c5ccccc5c5cccc(-n6c7ccccc7c7ccccc76)c54)cc-2c31. The maximum atomic E-state index is 7.06. The van der Waals surface area contributed by atoms with E-state index in [1.165, 1.54) is 54.4 Å². The van der Waals surface area contributed by atoms with Gasteiger partial charge in [0.15, 0.2) is 0 Å². The van der Waals surface area contributed by atoms with Crippen molar-refractivity contribution in [2.45, 2.75) is 0 Å². The van der Waals surface area contributed by atoms with Crippen molar-refractivity contribution in [2.24, 2.45) is 0 Å². The summed E-state index contributed by atoms with van der Waals surface area (Å²) >= 11 is 0. The normalized spacial score (nSPS) is 12.8. The summed E-state index contributed by atoms with van der Waals surface area (Å²) in [6, 6.07) is 78.7. The van der Waals surface area contributed by atoms with Crippen molar-refractivity contribution in [1.82, 2.24) is 13.7 Å². The Balaban J connectivity index is 0.898. The van der Waals surface area contributed by atoms with Gasteiger partial charge in [-0.3, -0.25) is 0 Å². The van der Waals surface area contributed by atoms with Gasteiger partial charge in [0, 0.05) is 60.6 Å². The first-order valence-electron chi connectivity index (χ1n) is 22.6. The van der Waals surface area contributed by atoms with Crippen molar-refractivity contribution in [3.05, 3.63) is 218 Å². The Hall–Kier alpha value is -8.74. The lowest BCUT2D eigenvalue weighted by molar-refractivity contribution is 0.479. The largest absolute Gasteiger partial charge is 0.551 e. The van der Waals surface area contributed by atoms with Crippen LogP contribution in [0.25, 0.3) is 105 Å². The minimum atomic E-state index is -0.356. The molecule has 0 unspecified atom stereocenters. The Morgan fingerprint density at radius 3 is 1.52 bits per heavy atom. The lowest BCUT2D eigenvalue weighted by Gasteiger charge is -2.33. The molecule has 0 atom stereocenters. The molecule has 0 N–H and O–H groups in total. The molecule has 0 spiro atoms. The Labute approximate surface area is 379 Å². The molecule has 0 amide bonds. The summed E-state index contributed by atoms with van der Waals surface area (Å²) in [7, 11) is 0. The quantitative estimate of drug-likeness (QED) is 0.165. The van der Waals surface area contributed by atoms with E-state index in [-0.39, 0.29) is 6.92 Å². The first-order chi connectivity index (χ1) is 32.7. The summed E-state index contributed by atoms with van der Waals surface area (Å²) in [5.74, 6) is 2.46. The van der Waals surface area contributed by atoms with Crippen LogP contribution in [0.15, 0.2) is 218 Å². The summed E-state index contributed by atoms with van der Waals surface area (Å²) in [5.41, 5.74) is 16.8. The van der Waals surface area contributed by atoms with Gasteiger partial charge in [0.25, 0.3) is 0 Å². The van der Waals surface area contributed by atoms with Crippen LogP contribution in [0.2, 0.25) is 0 Å². The van der Waals surface area contributed by atoms with Gasteiger partial charge in [-0.2, -0.15) is 0 Å². The maximum Gasteiger partial charge on any atom is 0.434 e. The molecule has 10 aromatic carbocycles. The Bertz CT molecular complexity index is 4090. The topological polar surface area (TPSA) is 33.2 Å². The Morgan fingerprint density at radius 2 is 0.864 bits per heavy atom. The van der Waals surface area contributed by atoms with E-state index in [1.54, 1.807) is 0 Å². The molecule has 6 heteroatoms. The van der Waals surface area contributed by atoms with Gasteiger partial charge < -0.3 is 23.1 Å². The number of hydrogen-bond acceptors (Lipinski definition) is 2. The smallest absolute Gasteiger partial charge is 0.434 e. The van der Waals surface area contributed by atoms with Crippen molar-refractivity contribution >= 4 is 83.3 Å². The summed E-state index contributed by atoms with van der Waals surface area (Å²) in [5, 5.41) is 7.38. The first-order valence-corrected chi connectivity index (χ1v) is 22.6. The Kier molecular flexibility index (Phi) is 7.24. The van der Waals surface area contributed by atoms with Crippen molar-refractivity contribution in [2.75, 3.05) is 0 Å². The average molecular weight is 842 g/mol. The third-order valence-electron chi connectivity index (χ3n) is 14.1. The summed E-state index contributed by atoms with van der Waals surface area (Å²) in [4.78, 5) is 0. The highest BCUT2D eigenvalue weighted by molar-refractivity contribution is 6.84. The van der Waals surface area contributed by atoms with Crippen molar-refractivity contribution in [3.63, 3.8) is 0 Å². The van der Waals surface area contributed by atoms with Gasteiger partial charge in [0.1, 0.15) is 17.2 Å². The van der Waals surface area contributed by atoms with Crippen LogP contribution < -0.4 is 20.3 Å². The maximum absolute atomic E-state index is 7.06. The average Bonchev–Trinajstić information content (AvgIpc) is 4.02. The van der Waals surface area contributed by atoms with Crippen LogP contribution in [-0.2, 0) is 0 Å². The van der Waals surface area contributed by atoms with Crippen molar-refractivity contribution < 1.29 is 9.39 Å². The van der Waals surface area contributed by atoms with Crippen molar-refractivity contribution in [1.29, 1.82) is 0 Å². The molecule has 0 fully saturated rings. The van der Waals surface area contributed by atoms with Crippen LogP contribution in [0.3, 0.4) is 0 Å². The van der Waals surface area contributed by atoms with E-state index in [1.807, 2.05) is 0 Å². The highest BCUT2D eigenvalue weighted by atomic mass is 16.5. The molecular formula is C60H36BN3O2. The fourth-order valence-corrected chi connectivity index (χ4v) is 11.3. The Morgan fingerprint density at radius 1 is 0.333 bits per heavy atom. The first kappa shape index (κ1) is 35.7. The lowest BCUT2D eigenvalue weighted by atomic mass is 9.50. The minimum Gasteiger partial charge on any atom is -0.551 e. The number of fused-ring (bicyclic) bond motifs is 13. The molecule has 13 aromatic rings. The van der Waals surface area contributed by atoms with Crippen LogP contribution in [0.4, 0.5) is 0 Å². The number of aromatic nitrogens is 3. The third kappa shape index (κ3) is 4.90. The van der Waals surface area contributed by atoms with E-state index in [0.717, 1.165) is 78.5 Å². The van der Waals surface area contributed by atoms with E-state index in [9.17, 15) is 0 Å². The molecule has 2 aliphatic heterocycles. The number of nitrogens with zero attached hydrogens (tertiary/aromatic N) is 3. The highest BCUT2D eigenvalue weighted by Crippen LogP contribution is 2.44. The second-order valence-electron chi connectivity index (χ2n) is 17.6. The number of para-hydroxylation sites is 7. The molecule has 3 aromatic heterocycles. The van der Waals surface area contributed by atoms with E-state index >= 15 is 0 Å². The molecule has 306 valence electrons. The zero-order chi connectivity index (χ0) is 43.0. The predicted molar refractivity (Wildman–Crippen MR) is 272 cm³/mol. The summed E-state index contributed by atoms with van der Waals surface area (Å²) in [6.45, 7) is -0.356. The van der Waals surface area contributed by atoms with Gasteiger partial charge >= 0.3 is 6.92 Å². The van der Waals surface area contributed by atoms with Gasteiger partial charge in [-0.1, -0.05) is 146 Å². The van der Waals surface area contributed by atoms with E-state index in [4.69, 9.17) is 9.39 Å². The van der Waals surface area contributed by atoms with Crippen molar-refractivity contribution in [3.8, 4) is 56.6 Å². The molecule has 2 aliphatic rings. The van der Waals surface area contributed by atoms with Crippen LogP contribution in [0.5, 0.6) is 17.2 Å². The van der Waals surface area contributed by atoms with Crippen LogP contribution >= 0.6 is 0 Å². The van der Waals surface area contributed by atoms with E-state index < -0.39 is 0 Å². The van der Waals surface area contributed by atoms with Gasteiger partial charge in [0.2, 0.25) is 0 Å². The molecule has 0 aliphatic carbocycles. The van der Waals surface area contributed by atoms with Gasteiger partial charge in [0.05, 0.1) is 44.5 Å². The number of benzene rings is 10. The number of rotatable bonds is 4. The minimum absolute atomic E-state index is 0.356. The van der Waals surface area contributed by atoms with Crippen LogP contribution in [-0.4, -0.2) is 20.6 Å². The van der Waals surface area contributed by atoms with Gasteiger partial charge in [-0.25, -0.2) is 0 Å². The second kappa shape index (κ2) is 13.4. The zero-order valence-electron chi connectivity index (χ0n) is 35.5. The lowest BCUT2D eigenvalue weighted by Crippen LogP contribution is -2.53. The van der Waals surface area contributed by atoms with Crippen LogP contribution in [0, 0.1) is 0 Å². The fraction of sp³-hybridized carbons (Fsp3) is 0. The third-order valence-corrected chi connectivity index (χ3v) is 14.1. The standard InChI is InChI=1S/C60H36BN3O2/c1-7-21-50-41(14-1)42-15-2-8-22-51(42)62(50)39-31-28-37(29-32-39)38-30-33-57-49(34-38)61-59-48(46-19-6-12-27-56(46)66-61)35-40(36-58(59)65-57)63-52-23-9-5-18-45(52)47-20-13-26-55(60(47)63)64-53-24-10-3-16-43(53)44-17-4-11-25-54(44)64/h1-36H. The molecule has 66 heavy (non-hydrogen) atoms. The molecule has 15 rings (SSSR count). The number of hydrogen-bond donors (Lipinski definition) is 0. The predicted octanol–water partition coefficient (Wildman–Crippen LogP) is 13.9. The van der Waals surface area contributed by atoms with E-state index in [0.29, 0.717) is 0 Å². The monoisotopic (exact) mass is 841 g/mol. The molecule has 0 saturated heterocycles. The summed E-state index contributed by atoms with van der Waals surface area (Å²) in [6.07, 6.45) is 0. The van der Waals surface area contributed by atoms with Crippen LogP contribution in [0.1, 0.15) is 0 Å². The summed E-state index contributed by atoms with van der Waals surface area (Å²) < 4.78 is 21.3. The molecule has 0 saturated carbocycles. The number of ether oxygens (including phenoxy) is 1. The highest BCUT2D eigenvalue weighted by Gasteiger charge is 2.41. The molecule has 0 bridgehead atoms. The molecule has 5 nitrogen and oxygen atoms in total. The van der Waals surface area contributed by atoms with Gasteiger partial charge in [-0.05, 0) is 83.4 Å². The molecule has 0 radical (unpaired) electrons.